The number of amides is 1. The molecule has 1 fully saturated rings. The summed E-state index contributed by atoms with van der Waals surface area (Å²) in [5.41, 5.74) is 0. The highest BCUT2D eigenvalue weighted by atomic mass is 32.1. The number of thiocarbonyl (C=S) groups is 1. The van der Waals surface area contributed by atoms with Crippen LogP contribution in [-0.4, -0.2) is 30.2 Å². The van der Waals surface area contributed by atoms with E-state index < -0.39 is 0 Å². The van der Waals surface area contributed by atoms with Gasteiger partial charge in [0, 0.05) is 12.6 Å². The predicted molar refractivity (Wildman–Crippen MR) is 60.1 cm³/mol. The van der Waals surface area contributed by atoms with Crippen molar-refractivity contribution in [3.63, 3.8) is 0 Å². The first kappa shape index (κ1) is 11.2. The summed E-state index contributed by atoms with van der Waals surface area (Å²) < 4.78 is 0. The van der Waals surface area contributed by atoms with Crippen molar-refractivity contribution in [3.8, 4) is 0 Å². The first-order chi connectivity index (χ1) is 6.72. The van der Waals surface area contributed by atoms with Crippen LogP contribution < -0.4 is 16.0 Å². The van der Waals surface area contributed by atoms with Crippen molar-refractivity contribution in [2.45, 2.75) is 32.2 Å². The summed E-state index contributed by atoms with van der Waals surface area (Å²) >= 11 is 4.96. The molecule has 0 aromatic rings. The Morgan fingerprint density at radius 3 is 2.71 bits per heavy atom. The molecule has 0 aromatic heterocycles. The van der Waals surface area contributed by atoms with Gasteiger partial charge in [0.15, 0.2) is 5.11 Å². The van der Waals surface area contributed by atoms with Crippen LogP contribution in [0.15, 0.2) is 0 Å². The van der Waals surface area contributed by atoms with Gasteiger partial charge < -0.3 is 16.0 Å². The van der Waals surface area contributed by atoms with Gasteiger partial charge in [-0.15, -0.1) is 0 Å². The van der Waals surface area contributed by atoms with Gasteiger partial charge in [0.25, 0.3) is 0 Å². The number of carbonyl (C=O) groups is 1. The maximum atomic E-state index is 11.2. The Hall–Kier alpha value is -0.840. The van der Waals surface area contributed by atoms with E-state index in [4.69, 9.17) is 12.2 Å². The Bertz CT molecular complexity index is 216. The van der Waals surface area contributed by atoms with Crippen LogP contribution in [-0.2, 0) is 4.79 Å². The summed E-state index contributed by atoms with van der Waals surface area (Å²) in [6.45, 7) is 3.18. The number of carbonyl (C=O) groups excluding carboxylic acids is 1. The van der Waals surface area contributed by atoms with Gasteiger partial charge >= 0.3 is 0 Å². The molecular weight excluding hydrogens is 198 g/mol. The van der Waals surface area contributed by atoms with E-state index in [1.807, 2.05) is 0 Å². The molecule has 0 atom stereocenters. The van der Waals surface area contributed by atoms with Crippen LogP contribution in [0.5, 0.6) is 0 Å². The van der Waals surface area contributed by atoms with E-state index in [0.717, 1.165) is 25.8 Å². The normalized spacial score (nSPS) is 14.6. The maximum absolute atomic E-state index is 11.2. The van der Waals surface area contributed by atoms with Gasteiger partial charge in [-0.25, -0.2) is 0 Å². The van der Waals surface area contributed by atoms with Crippen LogP contribution in [0.2, 0.25) is 0 Å². The number of hydrogen-bond acceptors (Lipinski definition) is 2. The van der Waals surface area contributed by atoms with E-state index in [1.54, 1.807) is 0 Å². The fourth-order valence-electron chi connectivity index (χ4n) is 0.968. The third-order valence-electron chi connectivity index (χ3n) is 1.89. The molecule has 1 rings (SSSR count). The Morgan fingerprint density at radius 2 is 2.14 bits per heavy atom. The molecule has 80 valence electrons. The van der Waals surface area contributed by atoms with E-state index >= 15 is 0 Å². The second kappa shape index (κ2) is 5.80. The lowest BCUT2D eigenvalue weighted by atomic mass is 10.5. The second-order valence-corrected chi connectivity index (χ2v) is 3.86. The van der Waals surface area contributed by atoms with Crippen LogP contribution in [0.3, 0.4) is 0 Å². The van der Waals surface area contributed by atoms with Crippen molar-refractivity contribution < 1.29 is 4.79 Å². The summed E-state index contributed by atoms with van der Waals surface area (Å²) in [6.07, 6.45) is 3.25. The average molecular weight is 215 g/mol. The monoisotopic (exact) mass is 215 g/mol. The second-order valence-electron chi connectivity index (χ2n) is 3.45. The molecule has 3 N–H and O–H groups in total. The first-order valence-electron chi connectivity index (χ1n) is 5.03. The molecule has 1 saturated carbocycles. The molecule has 0 saturated heterocycles. The highest BCUT2D eigenvalue weighted by molar-refractivity contribution is 7.80. The highest BCUT2D eigenvalue weighted by Gasteiger charge is 2.22. The van der Waals surface area contributed by atoms with Gasteiger partial charge in [-0.3, -0.25) is 4.79 Å². The van der Waals surface area contributed by atoms with Crippen molar-refractivity contribution >= 4 is 23.2 Å². The van der Waals surface area contributed by atoms with Crippen LogP contribution in [0.25, 0.3) is 0 Å². The van der Waals surface area contributed by atoms with Crippen molar-refractivity contribution in [2.75, 3.05) is 13.1 Å². The van der Waals surface area contributed by atoms with Crippen LogP contribution >= 0.6 is 12.2 Å². The zero-order valence-corrected chi connectivity index (χ0v) is 9.25. The molecule has 5 heteroatoms. The minimum Gasteiger partial charge on any atom is -0.363 e. The molecule has 0 aliphatic heterocycles. The van der Waals surface area contributed by atoms with Crippen LogP contribution in [0.1, 0.15) is 26.2 Å². The predicted octanol–water partition coefficient (Wildman–Crippen LogP) is 0.139. The third kappa shape index (κ3) is 5.01. The molecular formula is C9H17N3OS. The summed E-state index contributed by atoms with van der Waals surface area (Å²) in [6, 6.07) is 0.418. The topological polar surface area (TPSA) is 53.2 Å². The first-order valence-corrected chi connectivity index (χ1v) is 5.44. The number of hydrogen-bond donors (Lipinski definition) is 3. The van der Waals surface area contributed by atoms with Gasteiger partial charge in [-0.05, 0) is 31.5 Å². The summed E-state index contributed by atoms with van der Waals surface area (Å²) in [7, 11) is 0. The fraction of sp³-hybridized carbons (Fsp3) is 0.778. The molecule has 0 unspecified atom stereocenters. The summed E-state index contributed by atoms with van der Waals surface area (Å²) in [5.74, 6) is 0.0214. The third-order valence-corrected chi connectivity index (χ3v) is 2.18. The minimum absolute atomic E-state index is 0.0214. The standard InChI is InChI=1S/C9H17N3OS/c1-2-5-10-9(14)11-6-8(13)12-7-3-4-7/h7H,2-6H2,1H3,(H,12,13)(H2,10,11,14). The molecule has 1 aliphatic rings. The SMILES string of the molecule is CCCNC(=S)NCC(=O)NC1CC1. The quantitative estimate of drug-likeness (QED) is 0.571. The minimum atomic E-state index is 0.0214. The Balaban J connectivity index is 2.00. The molecule has 0 aromatic carbocycles. The van der Waals surface area contributed by atoms with Gasteiger partial charge in [0.2, 0.25) is 5.91 Å². The maximum Gasteiger partial charge on any atom is 0.239 e. The molecule has 4 nitrogen and oxygen atoms in total. The lowest BCUT2D eigenvalue weighted by molar-refractivity contribution is -0.120. The molecule has 0 bridgehead atoms. The van der Waals surface area contributed by atoms with E-state index in [2.05, 4.69) is 22.9 Å². The molecule has 1 aliphatic carbocycles. The van der Waals surface area contributed by atoms with Gasteiger partial charge in [-0.1, -0.05) is 6.92 Å². The van der Waals surface area contributed by atoms with Gasteiger partial charge in [0.05, 0.1) is 6.54 Å². The number of rotatable bonds is 5. The zero-order chi connectivity index (χ0) is 10.4. The Morgan fingerprint density at radius 1 is 1.43 bits per heavy atom. The zero-order valence-electron chi connectivity index (χ0n) is 8.43. The molecule has 0 spiro atoms. The Kier molecular flexibility index (Phi) is 4.65. The summed E-state index contributed by atoms with van der Waals surface area (Å²) in [4.78, 5) is 11.2. The fourth-order valence-corrected chi connectivity index (χ4v) is 1.14. The highest BCUT2D eigenvalue weighted by Crippen LogP contribution is 2.17. The largest absolute Gasteiger partial charge is 0.363 e. The lowest BCUT2D eigenvalue weighted by Gasteiger charge is -2.09. The average Bonchev–Trinajstić information content (AvgIpc) is 2.95. The van der Waals surface area contributed by atoms with Crippen molar-refractivity contribution in [3.05, 3.63) is 0 Å². The van der Waals surface area contributed by atoms with Crippen molar-refractivity contribution in [1.29, 1.82) is 0 Å². The molecule has 1 amide bonds. The van der Waals surface area contributed by atoms with Crippen LogP contribution in [0, 0.1) is 0 Å². The molecule has 14 heavy (non-hydrogen) atoms. The Labute approximate surface area is 89.8 Å². The van der Waals surface area contributed by atoms with Crippen molar-refractivity contribution in [2.24, 2.45) is 0 Å². The van der Waals surface area contributed by atoms with E-state index in [0.29, 0.717) is 11.2 Å². The van der Waals surface area contributed by atoms with Gasteiger partial charge in [-0.2, -0.15) is 0 Å². The molecule has 0 radical (unpaired) electrons. The summed E-state index contributed by atoms with van der Waals surface area (Å²) in [5, 5.41) is 9.29. The van der Waals surface area contributed by atoms with E-state index in [1.165, 1.54) is 0 Å². The van der Waals surface area contributed by atoms with E-state index in [-0.39, 0.29) is 12.5 Å². The number of nitrogens with one attached hydrogen (secondary N) is 3. The smallest absolute Gasteiger partial charge is 0.239 e. The van der Waals surface area contributed by atoms with Gasteiger partial charge in [0.1, 0.15) is 0 Å². The lowest BCUT2D eigenvalue weighted by Crippen LogP contribution is -2.42. The molecule has 0 heterocycles. The van der Waals surface area contributed by atoms with E-state index in [9.17, 15) is 4.79 Å². The van der Waals surface area contributed by atoms with Crippen molar-refractivity contribution in [1.82, 2.24) is 16.0 Å². The van der Waals surface area contributed by atoms with Crippen LogP contribution in [0.4, 0.5) is 0 Å².